The number of anilines is 1. The lowest BCUT2D eigenvalue weighted by Crippen LogP contribution is -2.07. The summed E-state index contributed by atoms with van der Waals surface area (Å²) in [5.74, 6) is 0.852. The van der Waals surface area contributed by atoms with Crippen LogP contribution in [0, 0.1) is 0 Å². The Morgan fingerprint density at radius 2 is 2.31 bits per heavy atom. The quantitative estimate of drug-likeness (QED) is 0.811. The highest BCUT2D eigenvalue weighted by Crippen LogP contribution is 2.09. The third-order valence-corrected chi connectivity index (χ3v) is 2.38. The van der Waals surface area contributed by atoms with Crippen molar-refractivity contribution in [2.24, 2.45) is 0 Å². The molecule has 0 atom stereocenters. The maximum atomic E-state index is 5.74. The summed E-state index contributed by atoms with van der Waals surface area (Å²) in [6.45, 7) is 1.78. The highest BCUT2D eigenvalue weighted by Gasteiger charge is 1.94. The SMILES string of the molecule is Clc1ccc(NCCCn2cccn2)nc1. The first-order valence-electron chi connectivity index (χ1n) is 5.17. The molecule has 0 unspecified atom stereocenters. The number of pyridine rings is 1. The Morgan fingerprint density at radius 1 is 1.38 bits per heavy atom. The average Bonchev–Trinajstić information content (AvgIpc) is 2.80. The monoisotopic (exact) mass is 236 g/mol. The molecule has 84 valence electrons. The number of hydrogen-bond donors (Lipinski definition) is 1. The maximum absolute atomic E-state index is 5.74. The van der Waals surface area contributed by atoms with Gasteiger partial charge >= 0.3 is 0 Å². The van der Waals surface area contributed by atoms with Gasteiger partial charge in [-0.1, -0.05) is 11.6 Å². The molecule has 0 aliphatic heterocycles. The summed E-state index contributed by atoms with van der Waals surface area (Å²) < 4.78 is 1.91. The van der Waals surface area contributed by atoms with E-state index < -0.39 is 0 Å². The Bertz CT molecular complexity index is 410. The minimum atomic E-state index is 0.655. The zero-order valence-electron chi connectivity index (χ0n) is 8.81. The molecule has 2 aromatic heterocycles. The van der Waals surface area contributed by atoms with Crippen LogP contribution in [0.5, 0.6) is 0 Å². The van der Waals surface area contributed by atoms with Gasteiger partial charge in [0.2, 0.25) is 0 Å². The van der Waals surface area contributed by atoms with Crippen LogP contribution in [-0.2, 0) is 6.54 Å². The van der Waals surface area contributed by atoms with Crippen LogP contribution in [0.3, 0.4) is 0 Å². The van der Waals surface area contributed by atoms with Crippen LogP contribution in [-0.4, -0.2) is 21.3 Å². The van der Waals surface area contributed by atoms with E-state index in [1.807, 2.05) is 29.1 Å². The number of aromatic nitrogens is 3. The molecule has 2 rings (SSSR count). The van der Waals surface area contributed by atoms with Crippen molar-refractivity contribution >= 4 is 17.4 Å². The summed E-state index contributed by atoms with van der Waals surface area (Å²) in [5.41, 5.74) is 0. The molecular weight excluding hydrogens is 224 g/mol. The van der Waals surface area contributed by atoms with Gasteiger partial charge in [0.1, 0.15) is 5.82 Å². The van der Waals surface area contributed by atoms with Crippen molar-refractivity contribution in [2.75, 3.05) is 11.9 Å². The largest absolute Gasteiger partial charge is 0.370 e. The van der Waals surface area contributed by atoms with Gasteiger partial charge in [-0.3, -0.25) is 4.68 Å². The molecule has 0 aliphatic carbocycles. The zero-order chi connectivity index (χ0) is 11.2. The van der Waals surface area contributed by atoms with Gasteiger partial charge in [0.05, 0.1) is 5.02 Å². The topological polar surface area (TPSA) is 42.7 Å². The number of hydrogen-bond acceptors (Lipinski definition) is 3. The van der Waals surface area contributed by atoms with Crippen LogP contribution in [0.4, 0.5) is 5.82 Å². The van der Waals surface area contributed by atoms with E-state index in [0.29, 0.717) is 5.02 Å². The summed E-state index contributed by atoms with van der Waals surface area (Å²) in [7, 11) is 0. The Morgan fingerprint density at radius 3 is 3.00 bits per heavy atom. The molecule has 1 N–H and O–H groups in total. The van der Waals surface area contributed by atoms with Crippen LogP contribution in [0.15, 0.2) is 36.8 Å². The number of nitrogens with zero attached hydrogens (tertiary/aromatic N) is 3. The Hall–Kier alpha value is -1.55. The molecular formula is C11H13ClN4. The summed E-state index contributed by atoms with van der Waals surface area (Å²) in [4.78, 5) is 4.15. The van der Waals surface area contributed by atoms with Crippen LogP contribution in [0.1, 0.15) is 6.42 Å². The van der Waals surface area contributed by atoms with Crippen molar-refractivity contribution in [3.63, 3.8) is 0 Å². The minimum Gasteiger partial charge on any atom is -0.370 e. The molecule has 0 radical (unpaired) electrons. The predicted octanol–water partition coefficient (Wildman–Crippen LogP) is 2.43. The second kappa shape index (κ2) is 5.51. The summed E-state index contributed by atoms with van der Waals surface area (Å²) in [5, 5.41) is 8.01. The third kappa shape index (κ3) is 3.24. The molecule has 5 heteroatoms. The fourth-order valence-corrected chi connectivity index (χ4v) is 1.48. The van der Waals surface area contributed by atoms with Crippen molar-refractivity contribution in [3.05, 3.63) is 41.8 Å². The second-order valence-electron chi connectivity index (χ2n) is 3.41. The van der Waals surface area contributed by atoms with Crippen LogP contribution in [0.2, 0.25) is 5.02 Å². The highest BCUT2D eigenvalue weighted by atomic mass is 35.5. The van der Waals surface area contributed by atoms with Crippen molar-refractivity contribution in [1.82, 2.24) is 14.8 Å². The highest BCUT2D eigenvalue weighted by molar-refractivity contribution is 6.30. The molecule has 4 nitrogen and oxygen atoms in total. The minimum absolute atomic E-state index is 0.655. The molecule has 2 aromatic rings. The average molecular weight is 237 g/mol. The summed E-state index contributed by atoms with van der Waals surface area (Å²) in [6, 6.07) is 5.62. The van der Waals surface area contributed by atoms with Gasteiger partial charge in [-0.05, 0) is 24.6 Å². The lowest BCUT2D eigenvalue weighted by atomic mass is 10.4. The Labute approximate surface area is 99.3 Å². The lowest BCUT2D eigenvalue weighted by Gasteiger charge is -2.05. The van der Waals surface area contributed by atoms with Crippen molar-refractivity contribution in [2.45, 2.75) is 13.0 Å². The molecule has 0 amide bonds. The molecule has 0 saturated heterocycles. The van der Waals surface area contributed by atoms with E-state index in [9.17, 15) is 0 Å². The lowest BCUT2D eigenvalue weighted by molar-refractivity contribution is 0.591. The maximum Gasteiger partial charge on any atom is 0.125 e. The van der Waals surface area contributed by atoms with Crippen LogP contribution in [0.25, 0.3) is 0 Å². The number of rotatable bonds is 5. The number of halogens is 1. The van der Waals surface area contributed by atoms with Gasteiger partial charge in [-0.25, -0.2) is 4.98 Å². The van der Waals surface area contributed by atoms with E-state index in [1.54, 1.807) is 12.4 Å². The predicted molar refractivity (Wildman–Crippen MR) is 64.6 cm³/mol. The van der Waals surface area contributed by atoms with Gasteiger partial charge in [-0.15, -0.1) is 0 Å². The second-order valence-corrected chi connectivity index (χ2v) is 3.85. The van der Waals surface area contributed by atoms with E-state index in [1.165, 1.54) is 0 Å². The molecule has 0 spiro atoms. The molecule has 0 aliphatic rings. The Kier molecular flexibility index (Phi) is 3.77. The van der Waals surface area contributed by atoms with Gasteiger partial charge in [0, 0.05) is 31.7 Å². The Balaban J connectivity index is 1.70. The molecule has 0 bridgehead atoms. The van der Waals surface area contributed by atoms with E-state index in [-0.39, 0.29) is 0 Å². The van der Waals surface area contributed by atoms with Gasteiger partial charge < -0.3 is 5.32 Å². The number of aryl methyl sites for hydroxylation is 1. The van der Waals surface area contributed by atoms with E-state index in [4.69, 9.17) is 11.6 Å². The standard InChI is InChI=1S/C11H13ClN4/c12-10-3-4-11(14-9-10)13-5-1-7-16-8-2-6-15-16/h2-4,6,8-9H,1,5,7H2,(H,13,14). The summed E-state index contributed by atoms with van der Waals surface area (Å²) >= 11 is 5.74. The molecule has 2 heterocycles. The first kappa shape index (κ1) is 11.0. The molecule has 0 aromatic carbocycles. The van der Waals surface area contributed by atoms with E-state index >= 15 is 0 Å². The molecule has 0 saturated carbocycles. The fourth-order valence-electron chi connectivity index (χ4n) is 1.37. The van der Waals surface area contributed by atoms with Gasteiger partial charge in [-0.2, -0.15) is 5.10 Å². The van der Waals surface area contributed by atoms with Crippen molar-refractivity contribution in [3.8, 4) is 0 Å². The number of nitrogens with one attached hydrogen (secondary N) is 1. The molecule has 0 fully saturated rings. The van der Waals surface area contributed by atoms with Gasteiger partial charge in [0.25, 0.3) is 0 Å². The molecule has 16 heavy (non-hydrogen) atoms. The van der Waals surface area contributed by atoms with Gasteiger partial charge in [0.15, 0.2) is 0 Å². The first-order valence-corrected chi connectivity index (χ1v) is 5.55. The normalized spacial score (nSPS) is 10.3. The van der Waals surface area contributed by atoms with Crippen LogP contribution < -0.4 is 5.32 Å². The van der Waals surface area contributed by atoms with Crippen LogP contribution >= 0.6 is 11.6 Å². The summed E-state index contributed by atoms with van der Waals surface area (Å²) in [6.07, 6.45) is 6.39. The smallest absolute Gasteiger partial charge is 0.125 e. The first-order chi connectivity index (χ1) is 7.84. The van der Waals surface area contributed by atoms with E-state index in [0.717, 1.165) is 25.3 Å². The van der Waals surface area contributed by atoms with E-state index in [2.05, 4.69) is 15.4 Å². The fraction of sp³-hybridized carbons (Fsp3) is 0.273. The van der Waals surface area contributed by atoms with Crippen molar-refractivity contribution in [1.29, 1.82) is 0 Å². The third-order valence-electron chi connectivity index (χ3n) is 2.16. The zero-order valence-corrected chi connectivity index (χ0v) is 9.56. The van der Waals surface area contributed by atoms with Crippen molar-refractivity contribution < 1.29 is 0 Å².